The molecule has 130 valence electrons. The third-order valence-electron chi connectivity index (χ3n) is 3.97. The molecule has 0 fully saturated rings. The maximum atomic E-state index is 12.2. The first kappa shape index (κ1) is 17.5. The number of fused-ring (bicyclic) bond motifs is 1. The molecule has 2 aromatic carbocycles. The summed E-state index contributed by atoms with van der Waals surface area (Å²) in [7, 11) is 0. The number of carbonyl (C=O) groups excluding carboxylic acids is 2. The van der Waals surface area contributed by atoms with Gasteiger partial charge in [0.15, 0.2) is 6.29 Å². The van der Waals surface area contributed by atoms with E-state index in [1.54, 1.807) is 13.0 Å². The Bertz CT molecular complexity index is 778. The van der Waals surface area contributed by atoms with Gasteiger partial charge in [-0.15, -0.1) is 0 Å². The molecule has 2 aromatic rings. The lowest BCUT2D eigenvalue weighted by molar-refractivity contribution is -0.151. The fraction of sp³-hybridized carbons (Fsp3) is 0.263. The number of aldehydes is 1. The summed E-state index contributed by atoms with van der Waals surface area (Å²) in [5.74, 6) is 0.104. The van der Waals surface area contributed by atoms with Crippen LogP contribution in [0.4, 0.5) is 5.69 Å². The van der Waals surface area contributed by atoms with Crippen LogP contribution < -0.4 is 9.64 Å². The first-order chi connectivity index (χ1) is 12.1. The lowest BCUT2D eigenvalue weighted by Crippen LogP contribution is -2.45. The van der Waals surface area contributed by atoms with E-state index in [2.05, 4.69) is 20.8 Å². The largest absolute Gasteiger partial charge is 0.475 e. The lowest BCUT2D eigenvalue weighted by atomic mass is 10.1. The number of esters is 1. The molecule has 0 saturated heterocycles. The Kier molecular flexibility index (Phi) is 5.38. The molecule has 0 amide bonds. The van der Waals surface area contributed by atoms with Gasteiger partial charge in [-0.2, -0.15) is 0 Å². The number of carbonyl (C=O) groups is 2. The molecule has 1 atom stereocenters. The number of rotatable bonds is 5. The number of nitrogens with zero attached hydrogens (tertiary/aromatic N) is 1. The van der Waals surface area contributed by atoms with Crippen molar-refractivity contribution in [1.29, 1.82) is 0 Å². The molecule has 0 radical (unpaired) electrons. The van der Waals surface area contributed by atoms with Crippen LogP contribution in [0.1, 0.15) is 22.8 Å². The summed E-state index contributed by atoms with van der Waals surface area (Å²) in [6.07, 6.45) is 0.0281. The minimum Gasteiger partial charge on any atom is -0.475 e. The zero-order valence-corrected chi connectivity index (χ0v) is 15.4. The average molecular weight is 404 g/mol. The molecule has 0 N–H and O–H groups in total. The van der Waals surface area contributed by atoms with Crippen LogP contribution in [0.2, 0.25) is 0 Å². The Hall–Kier alpha value is -2.34. The van der Waals surface area contributed by atoms with E-state index < -0.39 is 12.1 Å². The van der Waals surface area contributed by atoms with Gasteiger partial charge in [0.05, 0.1) is 18.8 Å². The summed E-state index contributed by atoms with van der Waals surface area (Å²) in [5.41, 5.74) is 2.43. The Morgan fingerprint density at radius 1 is 1.36 bits per heavy atom. The van der Waals surface area contributed by atoms with Gasteiger partial charge in [-0.1, -0.05) is 30.3 Å². The van der Waals surface area contributed by atoms with Crippen molar-refractivity contribution >= 4 is 33.9 Å². The van der Waals surface area contributed by atoms with Gasteiger partial charge in [0.2, 0.25) is 6.10 Å². The van der Waals surface area contributed by atoms with E-state index in [1.807, 2.05) is 36.4 Å². The molecule has 6 heteroatoms. The Morgan fingerprint density at radius 2 is 2.12 bits per heavy atom. The normalized spacial score (nSPS) is 15.9. The van der Waals surface area contributed by atoms with Gasteiger partial charge in [-0.25, -0.2) is 4.79 Å². The second-order valence-electron chi connectivity index (χ2n) is 5.68. The van der Waals surface area contributed by atoms with Crippen molar-refractivity contribution in [2.24, 2.45) is 0 Å². The van der Waals surface area contributed by atoms with E-state index in [0.29, 0.717) is 35.5 Å². The summed E-state index contributed by atoms with van der Waals surface area (Å²) < 4.78 is 11.6. The lowest BCUT2D eigenvalue weighted by Gasteiger charge is -2.35. The molecule has 1 aliphatic heterocycles. The maximum absolute atomic E-state index is 12.2. The Morgan fingerprint density at radius 3 is 2.80 bits per heavy atom. The van der Waals surface area contributed by atoms with E-state index in [9.17, 15) is 9.59 Å². The predicted molar refractivity (Wildman–Crippen MR) is 98.1 cm³/mol. The van der Waals surface area contributed by atoms with Gasteiger partial charge < -0.3 is 14.4 Å². The van der Waals surface area contributed by atoms with E-state index in [0.717, 1.165) is 17.5 Å². The molecule has 5 nitrogen and oxygen atoms in total. The third-order valence-corrected chi connectivity index (χ3v) is 4.65. The van der Waals surface area contributed by atoms with Crippen LogP contribution in [0, 0.1) is 0 Å². The highest BCUT2D eigenvalue weighted by Gasteiger charge is 2.32. The van der Waals surface area contributed by atoms with Gasteiger partial charge in [0, 0.05) is 16.6 Å². The predicted octanol–water partition coefficient (Wildman–Crippen LogP) is 3.59. The van der Waals surface area contributed by atoms with Crippen molar-refractivity contribution < 1.29 is 19.1 Å². The molecule has 0 spiro atoms. The maximum Gasteiger partial charge on any atom is 0.349 e. The highest BCUT2D eigenvalue weighted by Crippen LogP contribution is 2.38. The topological polar surface area (TPSA) is 55.8 Å². The minimum atomic E-state index is -0.725. The highest BCUT2D eigenvalue weighted by atomic mass is 79.9. The van der Waals surface area contributed by atoms with Gasteiger partial charge in [0.1, 0.15) is 5.75 Å². The Labute approximate surface area is 154 Å². The van der Waals surface area contributed by atoms with Crippen molar-refractivity contribution in [3.8, 4) is 5.75 Å². The smallest absolute Gasteiger partial charge is 0.349 e. The van der Waals surface area contributed by atoms with E-state index in [1.165, 1.54) is 0 Å². The summed E-state index contributed by atoms with van der Waals surface area (Å²) in [6.45, 7) is 3.07. The number of hydrogen-bond donors (Lipinski definition) is 0. The first-order valence-electron chi connectivity index (χ1n) is 8.03. The van der Waals surface area contributed by atoms with Crippen molar-refractivity contribution in [3.63, 3.8) is 0 Å². The highest BCUT2D eigenvalue weighted by molar-refractivity contribution is 9.10. The van der Waals surface area contributed by atoms with Gasteiger partial charge in [-0.05, 0) is 40.5 Å². The van der Waals surface area contributed by atoms with Crippen LogP contribution in [0.25, 0.3) is 0 Å². The molecular formula is C19H18BrNO4. The van der Waals surface area contributed by atoms with Crippen molar-refractivity contribution in [3.05, 3.63) is 58.1 Å². The molecule has 1 aliphatic rings. The average Bonchev–Trinajstić information content (AvgIpc) is 2.62. The van der Waals surface area contributed by atoms with Crippen LogP contribution in [0.3, 0.4) is 0 Å². The summed E-state index contributed by atoms with van der Waals surface area (Å²) in [6, 6.07) is 13.5. The second-order valence-corrected chi connectivity index (χ2v) is 6.54. The van der Waals surface area contributed by atoms with Crippen LogP contribution >= 0.6 is 15.9 Å². The van der Waals surface area contributed by atoms with Crippen molar-refractivity contribution in [1.82, 2.24) is 0 Å². The quantitative estimate of drug-likeness (QED) is 0.563. The zero-order chi connectivity index (χ0) is 17.8. The fourth-order valence-corrected chi connectivity index (χ4v) is 3.22. The molecule has 0 bridgehead atoms. The van der Waals surface area contributed by atoms with E-state index in [4.69, 9.17) is 9.47 Å². The molecule has 0 aliphatic carbocycles. The van der Waals surface area contributed by atoms with Crippen molar-refractivity contribution in [2.75, 3.05) is 18.1 Å². The number of halogens is 1. The molecule has 3 rings (SSSR count). The second kappa shape index (κ2) is 7.70. The number of anilines is 1. The SMILES string of the molecule is CCOC(=O)C1CN(Cc2ccccc2)c2cc(Br)c(C=O)cc2O1. The van der Waals surface area contributed by atoms with E-state index in [-0.39, 0.29) is 0 Å². The van der Waals surface area contributed by atoms with Crippen LogP contribution in [0.15, 0.2) is 46.9 Å². The summed E-state index contributed by atoms with van der Waals surface area (Å²) >= 11 is 3.41. The standard InChI is InChI=1S/C19H18BrNO4/c1-2-24-19(23)18-11-21(10-13-6-4-3-5-7-13)16-9-15(20)14(12-22)8-17(16)25-18/h3-9,12,18H,2,10-11H2,1H3. The number of benzene rings is 2. The molecule has 0 aromatic heterocycles. The van der Waals surface area contributed by atoms with Crippen LogP contribution in [0.5, 0.6) is 5.75 Å². The monoisotopic (exact) mass is 403 g/mol. The number of ether oxygens (including phenoxy) is 2. The third kappa shape index (κ3) is 3.85. The van der Waals surface area contributed by atoms with E-state index >= 15 is 0 Å². The summed E-state index contributed by atoms with van der Waals surface area (Å²) in [5, 5.41) is 0. The molecule has 0 saturated carbocycles. The van der Waals surface area contributed by atoms with Gasteiger partial charge >= 0.3 is 5.97 Å². The molecular weight excluding hydrogens is 386 g/mol. The molecule has 1 unspecified atom stereocenters. The molecule has 25 heavy (non-hydrogen) atoms. The summed E-state index contributed by atoms with van der Waals surface area (Å²) in [4.78, 5) is 25.5. The number of hydrogen-bond acceptors (Lipinski definition) is 5. The first-order valence-corrected chi connectivity index (χ1v) is 8.82. The zero-order valence-electron chi connectivity index (χ0n) is 13.8. The van der Waals surface area contributed by atoms with Crippen LogP contribution in [-0.4, -0.2) is 31.5 Å². The fourth-order valence-electron chi connectivity index (χ4n) is 2.79. The van der Waals surface area contributed by atoms with Gasteiger partial charge in [-0.3, -0.25) is 4.79 Å². The molecule has 1 heterocycles. The minimum absolute atomic E-state index is 0.296. The Balaban J connectivity index is 1.96. The van der Waals surface area contributed by atoms with Crippen LogP contribution in [-0.2, 0) is 16.1 Å². The van der Waals surface area contributed by atoms with Crippen molar-refractivity contribution in [2.45, 2.75) is 19.6 Å². The van der Waals surface area contributed by atoms with Gasteiger partial charge in [0.25, 0.3) is 0 Å².